The number of thiazole rings is 1. The molecular formula is C17H21N3OS. The Labute approximate surface area is 135 Å². The topological polar surface area (TPSA) is 36.4 Å². The third kappa shape index (κ3) is 3.36. The van der Waals surface area contributed by atoms with Crippen LogP contribution in [0, 0.1) is 6.92 Å². The van der Waals surface area contributed by atoms with Crippen molar-refractivity contribution in [3.8, 4) is 10.6 Å². The zero-order valence-corrected chi connectivity index (χ0v) is 13.9. The van der Waals surface area contributed by atoms with E-state index in [4.69, 9.17) is 0 Å². The predicted molar refractivity (Wildman–Crippen MR) is 90.1 cm³/mol. The zero-order chi connectivity index (χ0) is 15.5. The first-order chi connectivity index (χ1) is 10.6. The molecule has 1 aliphatic rings. The second-order valence-electron chi connectivity index (χ2n) is 5.75. The van der Waals surface area contributed by atoms with Crippen molar-refractivity contribution in [3.63, 3.8) is 0 Å². The molecule has 0 atom stereocenters. The van der Waals surface area contributed by atoms with Crippen molar-refractivity contribution in [3.05, 3.63) is 40.9 Å². The van der Waals surface area contributed by atoms with Gasteiger partial charge < -0.3 is 9.80 Å². The Bertz CT molecular complexity index is 645. The van der Waals surface area contributed by atoms with Crippen molar-refractivity contribution in [1.82, 2.24) is 14.8 Å². The predicted octanol–water partition coefficient (Wildman–Crippen LogP) is 2.44. The quantitative estimate of drug-likeness (QED) is 0.873. The first-order valence-corrected chi connectivity index (χ1v) is 8.43. The van der Waals surface area contributed by atoms with Crippen molar-refractivity contribution in [2.75, 3.05) is 33.2 Å². The standard InChI is InChI=1S/C17H21N3OS/c1-13-15(12-16(21)20-10-8-19(2)9-11-20)22-17(18-13)14-6-4-3-5-7-14/h3-7H,8-12H2,1-2H3. The van der Waals surface area contributed by atoms with Gasteiger partial charge in [0, 0.05) is 36.6 Å². The number of aryl methyl sites for hydroxylation is 1. The highest BCUT2D eigenvalue weighted by molar-refractivity contribution is 7.15. The summed E-state index contributed by atoms with van der Waals surface area (Å²) in [6.07, 6.45) is 0.472. The number of rotatable bonds is 3. The maximum atomic E-state index is 12.5. The molecule has 0 bridgehead atoms. The van der Waals surface area contributed by atoms with Gasteiger partial charge in [0.05, 0.1) is 12.1 Å². The van der Waals surface area contributed by atoms with Crippen LogP contribution in [-0.4, -0.2) is 53.9 Å². The van der Waals surface area contributed by atoms with E-state index in [2.05, 4.69) is 29.1 Å². The monoisotopic (exact) mass is 315 g/mol. The summed E-state index contributed by atoms with van der Waals surface area (Å²) in [6, 6.07) is 10.2. The highest BCUT2D eigenvalue weighted by Crippen LogP contribution is 2.28. The minimum absolute atomic E-state index is 0.222. The Morgan fingerprint density at radius 1 is 1.18 bits per heavy atom. The molecule has 0 saturated carbocycles. The summed E-state index contributed by atoms with van der Waals surface area (Å²) in [6.45, 7) is 5.58. The van der Waals surface area contributed by atoms with Gasteiger partial charge in [0.2, 0.25) is 5.91 Å². The Kier molecular flexibility index (Phi) is 4.55. The molecule has 1 aromatic heterocycles. The lowest BCUT2D eigenvalue weighted by atomic mass is 10.2. The van der Waals surface area contributed by atoms with Crippen LogP contribution in [0.2, 0.25) is 0 Å². The summed E-state index contributed by atoms with van der Waals surface area (Å²) < 4.78 is 0. The normalized spacial score (nSPS) is 16.0. The van der Waals surface area contributed by atoms with E-state index in [0.717, 1.165) is 47.3 Å². The van der Waals surface area contributed by atoms with E-state index in [1.165, 1.54) is 0 Å². The molecule has 4 nitrogen and oxygen atoms in total. The molecule has 1 fully saturated rings. The molecule has 0 radical (unpaired) electrons. The van der Waals surface area contributed by atoms with Crippen LogP contribution in [0.15, 0.2) is 30.3 Å². The van der Waals surface area contributed by atoms with Crippen molar-refractivity contribution in [2.24, 2.45) is 0 Å². The van der Waals surface area contributed by atoms with Gasteiger partial charge in [-0.25, -0.2) is 4.98 Å². The summed E-state index contributed by atoms with van der Waals surface area (Å²) in [5, 5.41) is 0.999. The van der Waals surface area contributed by atoms with Gasteiger partial charge in [-0.15, -0.1) is 11.3 Å². The minimum atomic E-state index is 0.222. The zero-order valence-electron chi connectivity index (χ0n) is 13.1. The van der Waals surface area contributed by atoms with Crippen LogP contribution in [0.25, 0.3) is 10.6 Å². The Hall–Kier alpha value is -1.72. The maximum Gasteiger partial charge on any atom is 0.227 e. The highest BCUT2D eigenvalue weighted by atomic mass is 32.1. The van der Waals surface area contributed by atoms with E-state index >= 15 is 0 Å². The maximum absolute atomic E-state index is 12.5. The van der Waals surface area contributed by atoms with Gasteiger partial charge in [-0.05, 0) is 14.0 Å². The average Bonchev–Trinajstić information content (AvgIpc) is 2.90. The summed E-state index contributed by atoms with van der Waals surface area (Å²) in [5.74, 6) is 0.222. The summed E-state index contributed by atoms with van der Waals surface area (Å²) in [7, 11) is 2.10. The number of aromatic nitrogens is 1. The van der Waals surface area contributed by atoms with E-state index in [0.29, 0.717) is 6.42 Å². The van der Waals surface area contributed by atoms with Crippen LogP contribution in [0.3, 0.4) is 0 Å². The first-order valence-electron chi connectivity index (χ1n) is 7.61. The van der Waals surface area contributed by atoms with Gasteiger partial charge >= 0.3 is 0 Å². The van der Waals surface area contributed by atoms with E-state index in [-0.39, 0.29) is 5.91 Å². The fourth-order valence-electron chi connectivity index (χ4n) is 2.60. The van der Waals surface area contributed by atoms with Gasteiger partial charge in [0.15, 0.2) is 0 Å². The second kappa shape index (κ2) is 6.58. The number of nitrogens with zero attached hydrogens (tertiary/aromatic N) is 3. The minimum Gasteiger partial charge on any atom is -0.340 e. The fraction of sp³-hybridized carbons (Fsp3) is 0.412. The van der Waals surface area contributed by atoms with Gasteiger partial charge in [0.1, 0.15) is 5.01 Å². The number of hydrogen-bond acceptors (Lipinski definition) is 4. The molecule has 3 rings (SSSR count). The molecule has 1 amide bonds. The van der Waals surface area contributed by atoms with Gasteiger partial charge in [-0.1, -0.05) is 30.3 Å². The van der Waals surface area contributed by atoms with Crippen LogP contribution in [0.1, 0.15) is 10.6 Å². The lowest BCUT2D eigenvalue weighted by molar-refractivity contribution is -0.131. The third-order valence-electron chi connectivity index (χ3n) is 4.08. The van der Waals surface area contributed by atoms with E-state index < -0.39 is 0 Å². The largest absolute Gasteiger partial charge is 0.340 e. The van der Waals surface area contributed by atoms with Crippen molar-refractivity contribution in [2.45, 2.75) is 13.3 Å². The smallest absolute Gasteiger partial charge is 0.227 e. The Morgan fingerprint density at radius 2 is 1.86 bits per heavy atom. The van der Waals surface area contributed by atoms with E-state index in [1.54, 1.807) is 11.3 Å². The molecule has 22 heavy (non-hydrogen) atoms. The number of piperazine rings is 1. The van der Waals surface area contributed by atoms with Gasteiger partial charge in [-0.3, -0.25) is 4.79 Å². The summed E-state index contributed by atoms with van der Waals surface area (Å²) >= 11 is 1.64. The van der Waals surface area contributed by atoms with Crippen LogP contribution in [0.5, 0.6) is 0 Å². The molecule has 1 aromatic carbocycles. The number of carbonyl (C=O) groups excluding carboxylic acids is 1. The van der Waals surface area contributed by atoms with Crippen molar-refractivity contribution < 1.29 is 4.79 Å². The molecule has 0 aliphatic carbocycles. The molecule has 0 spiro atoms. The number of likely N-dealkylation sites (N-methyl/N-ethyl adjacent to an activating group) is 1. The average molecular weight is 315 g/mol. The number of amides is 1. The van der Waals surface area contributed by atoms with E-state index in [9.17, 15) is 4.79 Å². The van der Waals surface area contributed by atoms with Crippen molar-refractivity contribution >= 4 is 17.2 Å². The van der Waals surface area contributed by atoms with Crippen LogP contribution >= 0.6 is 11.3 Å². The lowest BCUT2D eigenvalue weighted by Gasteiger charge is -2.32. The molecule has 0 unspecified atom stereocenters. The first kappa shape index (κ1) is 15.2. The van der Waals surface area contributed by atoms with Crippen molar-refractivity contribution in [1.29, 1.82) is 0 Å². The van der Waals surface area contributed by atoms with Crippen LogP contribution < -0.4 is 0 Å². The van der Waals surface area contributed by atoms with Gasteiger partial charge in [-0.2, -0.15) is 0 Å². The Balaban J connectivity index is 1.70. The molecule has 116 valence electrons. The highest BCUT2D eigenvalue weighted by Gasteiger charge is 2.21. The summed E-state index contributed by atoms with van der Waals surface area (Å²) in [5.41, 5.74) is 2.10. The number of hydrogen-bond donors (Lipinski definition) is 0. The summed E-state index contributed by atoms with van der Waals surface area (Å²) in [4.78, 5) is 22.4. The molecule has 1 saturated heterocycles. The van der Waals surface area contributed by atoms with Crippen LogP contribution in [0.4, 0.5) is 0 Å². The molecule has 2 heterocycles. The number of benzene rings is 1. The molecule has 5 heteroatoms. The number of carbonyl (C=O) groups is 1. The van der Waals surface area contributed by atoms with Crippen LogP contribution in [-0.2, 0) is 11.2 Å². The third-order valence-corrected chi connectivity index (χ3v) is 5.29. The van der Waals surface area contributed by atoms with Gasteiger partial charge in [0.25, 0.3) is 0 Å². The molecule has 2 aromatic rings. The molecule has 1 aliphatic heterocycles. The lowest BCUT2D eigenvalue weighted by Crippen LogP contribution is -2.47. The fourth-order valence-corrected chi connectivity index (χ4v) is 3.66. The van der Waals surface area contributed by atoms with E-state index in [1.807, 2.05) is 30.0 Å². The Morgan fingerprint density at radius 3 is 2.55 bits per heavy atom. The SMILES string of the molecule is Cc1nc(-c2ccccc2)sc1CC(=O)N1CCN(C)CC1. The second-order valence-corrected chi connectivity index (χ2v) is 6.84. The molecular weight excluding hydrogens is 294 g/mol. The molecule has 0 N–H and O–H groups in total.